The van der Waals surface area contributed by atoms with Gasteiger partial charge < -0.3 is 14.7 Å². The van der Waals surface area contributed by atoms with Crippen molar-refractivity contribution in [2.45, 2.75) is 31.7 Å². The van der Waals surface area contributed by atoms with Crippen LogP contribution in [0.4, 0.5) is 0 Å². The topological polar surface area (TPSA) is 66.8 Å². The first kappa shape index (κ1) is 14.4. The van der Waals surface area contributed by atoms with Crippen LogP contribution in [0.2, 0.25) is 0 Å². The van der Waals surface area contributed by atoms with Crippen molar-refractivity contribution < 1.29 is 19.4 Å². The molecule has 0 radical (unpaired) electrons. The van der Waals surface area contributed by atoms with E-state index in [0.29, 0.717) is 13.0 Å². The summed E-state index contributed by atoms with van der Waals surface area (Å²) in [5.74, 6) is -0.656. The Morgan fingerprint density at radius 2 is 2.00 bits per heavy atom. The molecule has 1 aromatic carbocycles. The van der Waals surface area contributed by atoms with Gasteiger partial charge in [-0.1, -0.05) is 12.1 Å². The number of rotatable bonds is 4. The molecule has 0 bridgehead atoms. The van der Waals surface area contributed by atoms with Crippen molar-refractivity contribution in [3.8, 4) is 5.75 Å². The summed E-state index contributed by atoms with van der Waals surface area (Å²) in [5.41, 5.74) is 0.867. The molecule has 1 saturated heterocycles. The van der Waals surface area contributed by atoms with Gasteiger partial charge in [0.1, 0.15) is 11.8 Å². The van der Waals surface area contributed by atoms with Gasteiger partial charge in [-0.05, 0) is 37.5 Å². The monoisotopic (exact) mass is 277 g/mol. The van der Waals surface area contributed by atoms with Crippen LogP contribution in [0.5, 0.6) is 5.75 Å². The van der Waals surface area contributed by atoms with E-state index in [2.05, 4.69) is 0 Å². The minimum atomic E-state index is -0.919. The number of hydrogen-bond donors (Lipinski definition) is 1. The summed E-state index contributed by atoms with van der Waals surface area (Å²) >= 11 is 0. The van der Waals surface area contributed by atoms with Gasteiger partial charge in [-0.3, -0.25) is 4.79 Å². The van der Waals surface area contributed by atoms with Gasteiger partial charge in [0.2, 0.25) is 5.91 Å². The van der Waals surface area contributed by atoms with E-state index in [1.54, 1.807) is 26.2 Å². The quantitative estimate of drug-likeness (QED) is 0.912. The van der Waals surface area contributed by atoms with Crippen LogP contribution in [-0.4, -0.2) is 41.6 Å². The Balaban J connectivity index is 2.13. The second-order valence-corrected chi connectivity index (χ2v) is 5.02. The molecular weight excluding hydrogens is 258 g/mol. The molecule has 1 aliphatic heterocycles. The molecule has 0 spiro atoms. The molecule has 1 aliphatic rings. The van der Waals surface area contributed by atoms with Crippen LogP contribution in [0, 0.1) is 0 Å². The highest BCUT2D eigenvalue weighted by Gasteiger charge is 2.36. The standard InChI is InChI=1S/C15H19NO4/c1-10(11-5-7-12(20-2)8-6-11)14(17)16-9-3-4-13(16)15(18)19/h5-8,10,13H,3-4,9H2,1-2H3,(H,18,19)/t10?,13-/m1/s1. The van der Waals surface area contributed by atoms with E-state index in [4.69, 9.17) is 9.84 Å². The van der Waals surface area contributed by atoms with Crippen molar-refractivity contribution in [3.63, 3.8) is 0 Å². The van der Waals surface area contributed by atoms with Crippen LogP contribution in [0.1, 0.15) is 31.2 Å². The third-order valence-electron chi connectivity index (χ3n) is 3.81. The summed E-state index contributed by atoms with van der Waals surface area (Å²) < 4.78 is 5.08. The summed E-state index contributed by atoms with van der Waals surface area (Å²) in [6, 6.07) is 6.61. The highest BCUT2D eigenvalue weighted by Crippen LogP contribution is 2.26. The van der Waals surface area contributed by atoms with Crippen LogP contribution in [0.25, 0.3) is 0 Å². The van der Waals surface area contributed by atoms with Gasteiger partial charge in [0, 0.05) is 6.54 Å². The molecule has 0 aromatic heterocycles. The summed E-state index contributed by atoms with van der Waals surface area (Å²) in [5, 5.41) is 9.14. The van der Waals surface area contributed by atoms with Gasteiger partial charge in [0.25, 0.3) is 0 Å². The van der Waals surface area contributed by atoms with Crippen molar-refractivity contribution in [1.82, 2.24) is 4.90 Å². The third kappa shape index (κ3) is 2.76. The summed E-state index contributed by atoms with van der Waals surface area (Å²) in [4.78, 5) is 25.1. The Morgan fingerprint density at radius 3 is 2.55 bits per heavy atom. The lowest BCUT2D eigenvalue weighted by molar-refractivity contribution is -0.148. The molecule has 1 heterocycles. The number of amides is 1. The Morgan fingerprint density at radius 1 is 1.35 bits per heavy atom. The number of methoxy groups -OCH3 is 1. The lowest BCUT2D eigenvalue weighted by Crippen LogP contribution is -2.42. The molecule has 1 aromatic rings. The molecule has 2 atom stereocenters. The van der Waals surface area contributed by atoms with E-state index in [9.17, 15) is 9.59 Å². The van der Waals surface area contributed by atoms with Gasteiger partial charge >= 0.3 is 5.97 Å². The Labute approximate surface area is 118 Å². The smallest absolute Gasteiger partial charge is 0.326 e. The van der Waals surface area contributed by atoms with Crippen molar-refractivity contribution in [3.05, 3.63) is 29.8 Å². The van der Waals surface area contributed by atoms with E-state index >= 15 is 0 Å². The van der Waals surface area contributed by atoms with E-state index in [1.165, 1.54) is 4.90 Å². The number of aliphatic carboxylic acids is 1. The highest BCUT2D eigenvalue weighted by atomic mass is 16.5. The number of likely N-dealkylation sites (tertiary alicyclic amines) is 1. The minimum Gasteiger partial charge on any atom is -0.497 e. The van der Waals surface area contributed by atoms with Crippen LogP contribution in [0.3, 0.4) is 0 Å². The second kappa shape index (κ2) is 5.94. The lowest BCUT2D eigenvalue weighted by atomic mass is 9.99. The maximum Gasteiger partial charge on any atom is 0.326 e. The number of benzene rings is 1. The zero-order valence-electron chi connectivity index (χ0n) is 11.7. The average Bonchev–Trinajstić information content (AvgIpc) is 2.95. The van der Waals surface area contributed by atoms with Crippen molar-refractivity contribution >= 4 is 11.9 Å². The molecule has 0 aliphatic carbocycles. The van der Waals surface area contributed by atoms with Crippen molar-refractivity contribution in [2.24, 2.45) is 0 Å². The number of carboxylic acid groups (broad SMARTS) is 1. The maximum atomic E-state index is 12.4. The van der Waals surface area contributed by atoms with Crippen molar-refractivity contribution in [2.75, 3.05) is 13.7 Å². The number of ether oxygens (including phenoxy) is 1. The molecule has 1 unspecified atom stereocenters. The first-order valence-corrected chi connectivity index (χ1v) is 6.72. The molecule has 2 rings (SSSR count). The Bertz CT molecular complexity index is 497. The van der Waals surface area contributed by atoms with Gasteiger partial charge in [-0.15, -0.1) is 0 Å². The number of hydrogen-bond acceptors (Lipinski definition) is 3. The fourth-order valence-electron chi connectivity index (χ4n) is 2.57. The predicted octanol–water partition coefficient (Wildman–Crippen LogP) is 1.87. The second-order valence-electron chi connectivity index (χ2n) is 5.02. The first-order valence-electron chi connectivity index (χ1n) is 6.72. The first-order chi connectivity index (χ1) is 9.54. The van der Waals surface area contributed by atoms with E-state index in [0.717, 1.165) is 17.7 Å². The third-order valence-corrected chi connectivity index (χ3v) is 3.81. The molecule has 5 nitrogen and oxygen atoms in total. The predicted molar refractivity (Wildman–Crippen MR) is 73.8 cm³/mol. The van der Waals surface area contributed by atoms with E-state index in [1.807, 2.05) is 12.1 Å². The molecule has 1 amide bonds. The van der Waals surface area contributed by atoms with Crippen molar-refractivity contribution in [1.29, 1.82) is 0 Å². The van der Waals surface area contributed by atoms with Gasteiger partial charge in [0.05, 0.1) is 13.0 Å². The molecule has 1 fully saturated rings. The largest absolute Gasteiger partial charge is 0.497 e. The van der Waals surface area contributed by atoms with E-state index in [-0.39, 0.29) is 11.8 Å². The molecule has 0 saturated carbocycles. The fraction of sp³-hybridized carbons (Fsp3) is 0.467. The van der Waals surface area contributed by atoms with Crippen LogP contribution < -0.4 is 4.74 Å². The van der Waals surface area contributed by atoms with Crippen LogP contribution in [-0.2, 0) is 9.59 Å². The van der Waals surface area contributed by atoms with Gasteiger partial charge in [-0.2, -0.15) is 0 Å². The zero-order chi connectivity index (χ0) is 14.7. The van der Waals surface area contributed by atoms with Gasteiger partial charge in [-0.25, -0.2) is 4.79 Å². The Hall–Kier alpha value is -2.04. The number of nitrogens with zero attached hydrogens (tertiary/aromatic N) is 1. The zero-order valence-corrected chi connectivity index (χ0v) is 11.7. The molecule has 5 heteroatoms. The van der Waals surface area contributed by atoms with Gasteiger partial charge in [0.15, 0.2) is 0 Å². The highest BCUT2D eigenvalue weighted by molar-refractivity contribution is 5.88. The molecule has 20 heavy (non-hydrogen) atoms. The summed E-state index contributed by atoms with van der Waals surface area (Å²) in [6.45, 7) is 2.33. The lowest BCUT2D eigenvalue weighted by Gasteiger charge is -2.25. The average molecular weight is 277 g/mol. The van der Waals surface area contributed by atoms with Crippen LogP contribution in [0.15, 0.2) is 24.3 Å². The fourth-order valence-corrected chi connectivity index (χ4v) is 2.57. The SMILES string of the molecule is COc1ccc(C(C)C(=O)N2CCC[C@@H]2C(=O)O)cc1. The van der Waals surface area contributed by atoms with Crippen LogP contribution >= 0.6 is 0 Å². The molecular formula is C15H19NO4. The van der Waals surface area contributed by atoms with E-state index < -0.39 is 12.0 Å². The Kier molecular flexibility index (Phi) is 4.27. The number of carbonyl (C=O) groups is 2. The minimum absolute atomic E-state index is 0.125. The summed E-state index contributed by atoms with van der Waals surface area (Å²) in [6.07, 6.45) is 1.29. The normalized spacial score (nSPS) is 19.7. The molecule has 108 valence electrons. The number of carboxylic acids is 1. The number of carbonyl (C=O) groups excluding carboxylic acids is 1. The molecule has 1 N–H and O–H groups in total. The maximum absolute atomic E-state index is 12.4. The summed E-state index contributed by atoms with van der Waals surface area (Å²) in [7, 11) is 1.59.